The van der Waals surface area contributed by atoms with Gasteiger partial charge in [-0.2, -0.15) is 10.2 Å². The molecule has 1 aromatic carbocycles. The molecule has 39 heavy (non-hydrogen) atoms. The lowest BCUT2D eigenvalue weighted by molar-refractivity contribution is -0.122. The highest BCUT2D eigenvalue weighted by atomic mass is 16.5. The van der Waals surface area contributed by atoms with Crippen molar-refractivity contribution in [2.75, 3.05) is 11.9 Å². The summed E-state index contributed by atoms with van der Waals surface area (Å²) in [6.07, 6.45) is 7.46. The number of Topliss-reactive ketones (excluding diaryl/α,β-unsaturated/α-hetero) is 1. The van der Waals surface area contributed by atoms with Gasteiger partial charge in [0.25, 0.3) is 5.91 Å². The van der Waals surface area contributed by atoms with Crippen molar-refractivity contribution in [3.05, 3.63) is 53.5 Å². The minimum absolute atomic E-state index is 0.0407. The van der Waals surface area contributed by atoms with Crippen LogP contribution in [0.3, 0.4) is 0 Å². The summed E-state index contributed by atoms with van der Waals surface area (Å²) in [5, 5.41) is 11.6. The Labute approximate surface area is 227 Å². The summed E-state index contributed by atoms with van der Waals surface area (Å²) in [4.78, 5) is 39.0. The normalized spacial score (nSPS) is 21.4. The molecule has 1 saturated heterocycles. The minimum atomic E-state index is -0.660. The average molecular weight is 533 g/mol. The van der Waals surface area contributed by atoms with E-state index in [-0.39, 0.29) is 29.3 Å². The summed E-state index contributed by atoms with van der Waals surface area (Å²) in [6.45, 7) is 4.99. The number of nitrogens with two attached hydrogens (primary N) is 1. The Morgan fingerprint density at radius 2 is 1.77 bits per heavy atom. The summed E-state index contributed by atoms with van der Waals surface area (Å²) >= 11 is 0. The Bertz CT molecular complexity index is 1350. The molecule has 0 radical (unpaired) electrons. The molecule has 3 N–H and O–H groups in total. The van der Waals surface area contributed by atoms with Gasteiger partial charge in [-0.3, -0.25) is 19.1 Å². The molecule has 2 fully saturated rings. The first-order valence-corrected chi connectivity index (χ1v) is 13.9. The van der Waals surface area contributed by atoms with Crippen molar-refractivity contribution in [2.45, 2.75) is 71.6 Å². The van der Waals surface area contributed by atoms with Crippen molar-refractivity contribution in [3.63, 3.8) is 0 Å². The third-order valence-electron chi connectivity index (χ3n) is 7.82. The monoisotopic (exact) mass is 532 g/mol. The standard InChI is InChI=1S/C29H36N6O4/c1-3-34-26(28(30)37)23(17-31-34)32-29(38)22-9-5-4-8-21(22)27(36)20-13-11-19(12-14-20)24-16-18(2)33-35(24)25-10-6-7-15-39-25/h11-14,16-17,21-22,25H,3-10,15H2,1-2H3,(H2,30,37)(H,32,38)/t21-,22-,25?/m1/s1. The highest BCUT2D eigenvalue weighted by molar-refractivity contribution is 6.05. The number of aromatic nitrogens is 4. The average Bonchev–Trinajstić information content (AvgIpc) is 3.56. The number of anilines is 1. The molecule has 1 aliphatic carbocycles. The Morgan fingerprint density at radius 1 is 1.05 bits per heavy atom. The van der Waals surface area contributed by atoms with E-state index in [1.165, 1.54) is 10.9 Å². The molecule has 0 bridgehead atoms. The molecule has 2 aromatic heterocycles. The van der Waals surface area contributed by atoms with Gasteiger partial charge in [-0.1, -0.05) is 37.1 Å². The van der Waals surface area contributed by atoms with Crippen molar-refractivity contribution in [1.29, 1.82) is 0 Å². The van der Waals surface area contributed by atoms with Crippen molar-refractivity contribution < 1.29 is 19.1 Å². The quantitative estimate of drug-likeness (QED) is 0.410. The Hall–Kier alpha value is -3.79. The van der Waals surface area contributed by atoms with Gasteiger partial charge >= 0.3 is 0 Å². The second kappa shape index (κ2) is 11.5. The molecule has 10 nitrogen and oxygen atoms in total. The number of aryl methyl sites for hydroxylation is 2. The number of ketones is 1. The number of carbonyl (C=O) groups is 3. The molecule has 10 heteroatoms. The van der Waals surface area contributed by atoms with Gasteiger partial charge in [0.1, 0.15) is 5.69 Å². The number of nitrogens with zero attached hydrogens (tertiary/aromatic N) is 4. The number of hydrogen-bond donors (Lipinski definition) is 2. The molecule has 1 saturated carbocycles. The van der Waals surface area contributed by atoms with Gasteiger partial charge in [0.2, 0.25) is 5.91 Å². The highest BCUT2D eigenvalue weighted by Gasteiger charge is 2.37. The number of amides is 2. The number of nitrogens with one attached hydrogen (secondary N) is 1. The number of ether oxygens (including phenoxy) is 1. The maximum Gasteiger partial charge on any atom is 0.269 e. The van der Waals surface area contributed by atoms with Crippen LogP contribution in [0.4, 0.5) is 5.69 Å². The molecule has 1 aliphatic heterocycles. The largest absolute Gasteiger partial charge is 0.364 e. The summed E-state index contributed by atoms with van der Waals surface area (Å²) in [5.41, 5.74) is 9.40. The Balaban J connectivity index is 1.34. The van der Waals surface area contributed by atoms with Crippen molar-refractivity contribution in [1.82, 2.24) is 19.6 Å². The molecule has 5 rings (SSSR count). The van der Waals surface area contributed by atoms with Gasteiger partial charge in [-0.25, -0.2) is 4.68 Å². The zero-order valence-electron chi connectivity index (χ0n) is 22.6. The van der Waals surface area contributed by atoms with E-state index >= 15 is 0 Å². The van der Waals surface area contributed by atoms with Gasteiger partial charge in [0, 0.05) is 30.6 Å². The summed E-state index contributed by atoms with van der Waals surface area (Å²) in [7, 11) is 0. The van der Waals surface area contributed by atoms with Gasteiger partial charge in [0.05, 0.1) is 23.3 Å². The number of primary amides is 1. The molecule has 1 unspecified atom stereocenters. The van der Waals surface area contributed by atoms with Crippen LogP contribution in [-0.4, -0.2) is 43.8 Å². The van der Waals surface area contributed by atoms with Gasteiger partial charge < -0.3 is 15.8 Å². The Morgan fingerprint density at radius 3 is 2.44 bits per heavy atom. The lowest BCUT2D eigenvalue weighted by Gasteiger charge is -2.29. The lowest BCUT2D eigenvalue weighted by atomic mass is 9.75. The first-order valence-electron chi connectivity index (χ1n) is 13.9. The van der Waals surface area contributed by atoms with Crippen LogP contribution in [0.15, 0.2) is 36.5 Å². The number of benzene rings is 1. The van der Waals surface area contributed by atoms with Gasteiger partial charge in [0.15, 0.2) is 12.0 Å². The number of rotatable bonds is 8. The van der Waals surface area contributed by atoms with Crippen molar-refractivity contribution in [2.24, 2.45) is 17.6 Å². The predicted octanol–water partition coefficient (Wildman–Crippen LogP) is 4.50. The van der Waals surface area contributed by atoms with Crippen LogP contribution >= 0.6 is 0 Å². The fraction of sp³-hybridized carbons (Fsp3) is 0.483. The molecule has 206 valence electrons. The highest BCUT2D eigenvalue weighted by Crippen LogP contribution is 2.35. The van der Waals surface area contributed by atoms with Crippen LogP contribution in [-0.2, 0) is 16.1 Å². The second-order valence-corrected chi connectivity index (χ2v) is 10.5. The first-order chi connectivity index (χ1) is 18.9. The third kappa shape index (κ3) is 5.52. The third-order valence-corrected chi connectivity index (χ3v) is 7.82. The van der Waals surface area contributed by atoms with E-state index in [0.717, 1.165) is 55.7 Å². The SMILES string of the molecule is CCn1ncc(NC(=O)[C@@H]2CCCC[C@H]2C(=O)c2ccc(-c3cc(C)nn3C3CCCCO3)cc2)c1C(N)=O. The molecular weight excluding hydrogens is 496 g/mol. The van der Waals surface area contributed by atoms with E-state index < -0.39 is 17.7 Å². The molecule has 2 amide bonds. The summed E-state index contributed by atoms with van der Waals surface area (Å²) < 4.78 is 9.37. The molecule has 3 heterocycles. The first kappa shape index (κ1) is 26.8. The van der Waals surface area contributed by atoms with Gasteiger partial charge in [-0.05, 0) is 57.6 Å². The smallest absolute Gasteiger partial charge is 0.269 e. The van der Waals surface area contributed by atoms with E-state index in [0.29, 0.717) is 24.9 Å². The van der Waals surface area contributed by atoms with Crippen molar-refractivity contribution >= 4 is 23.3 Å². The van der Waals surface area contributed by atoms with Crippen LogP contribution in [0, 0.1) is 18.8 Å². The minimum Gasteiger partial charge on any atom is -0.364 e. The fourth-order valence-electron chi connectivity index (χ4n) is 5.85. The van der Waals surface area contributed by atoms with E-state index in [1.807, 2.05) is 48.9 Å². The molecule has 3 aromatic rings. The topological polar surface area (TPSA) is 134 Å². The Kier molecular flexibility index (Phi) is 7.92. The fourth-order valence-corrected chi connectivity index (χ4v) is 5.85. The molecular formula is C29H36N6O4. The predicted molar refractivity (Wildman–Crippen MR) is 146 cm³/mol. The van der Waals surface area contributed by atoms with Crippen LogP contribution in [0.2, 0.25) is 0 Å². The molecule has 3 atom stereocenters. The summed E-state index contributed by atoms with van der Waals surface area (Å²) in [5.74, 6) is -1.92. The van der Waals surface area contributed by atoms with Crippen LogP contribution < -0.4 is 11.1 Å². The number of hydrogen-bond acceptors (Lipinski definition) is 6. The van der Waals surface area contributed by atoms with Crippen LogP contribution in [0.1, 0.15) is 84.6 Å². The number of carbonyl (C=O) groups excluding carboxylic acids is 3. The van der Waals surface area contributed by atoms with Crippen molar-refractivity contribution in [3.8, 4) is 11.3 Å². The molecule has 0 spiro atoms. The van der Waals surface area contributed by atoms with E-state index in [9.17, 15) is 14.4 Å². The van der Waals surface area contributed by atoms with E-state index in [4.69, 9.17) is 10.5 Å². The maximum absolute atomic E-state index is 13.7. The zero-order valence-corrected chi connectivity index (χ0v) is 22.6. The van der Waals surface area contributed by atoms with Crippen LogP contribution in [0.5, 0.6) is 0 Å². The van der Waals surface area contributed by atoms with E-state index in [1.54, 1.807) is 0 Å². The zero-order chi connectivity index (χ0) is 27.5. The summed E-state index contributed by atoms with van der Waals surface area (Å²) in [6, 6.07) is 9.61. The second-order valence-electron chi connectivity index (χ2n) is 10.5. The lowest BCUT2D eigenvalue weighted by Crippen LogP contribution is -2.36. The van der Waals surface area contributed by atoms with Gasteiger partial charge in [-0.15, -0.1) is 0 Å². The molecule has 2 aliphatic rings. The van der Waals surface area contributed by atoms with Crippen LogP contribution in [0.25, 0.3) is 11.3 Å². The van der Waals surface area contributed by atoms with E-state index in [2.05, 4.69) is 15.5 Å². The maximum atomic E-state index is 13.7.